The number of pyridine rings is 2. The molecule has 0 aliphatic rings. The summed E-state index contributed by atoms with van der Waals surface area (Å²) < 4.78 is 4.97. The van der Waals surface area contributed by atoms with Crippen LogP contribution in [0.3, 0.4) is 0 Å². The van der Waals surface area contributed by atoms with Crippen LogP contribution in [0.2, 0.25) is 0 Å². The van der Waals surface area contributed by atoms with Crippen molar-refractivity contribution in [3.8, 4) is 11.1 Å². The molecule has 0 fully saturated rings. The fourth-order valence-corrected chi connectivity index (χ4v) is 1.59. The van der Waals surface area contributed by atoms with Crippen molar-refractivity contribution in [3.05, 3.63) is 42.4 Å². The van der Waals surface area contributed by atoms with Crippen molar-refractivity contribution < 1.29 is 9.53 Å². The van der Waals surface area contributed by atoms with E-state index in [0.29, 0.717) is 12.2 Å². The first-order valence-electron chi connectivity index (χ1n) is 5.56. The van der Waals surface area contributed by atoms with Gasteiger partial charge in [0.1, 0.15) is 5.82 Å². The van der Waals surface area contributed by atoms with Crippen molar-refractivity contribution in [1.29, 1.82) is 0 Å². The van der Waals surface area contributed by atoms with Crippen LogP contribution in [-0.4, -0.2) is 22.5 Å². The van der Waals surface area contributed by atoms with Gasteiger partial charge in [-0.2, -0.15) is 0 Å². The molecule has 0 unspecified atom stereocenters. The third-order valence-electron chi connectivity index (χ3n) is 2.38. The lowest BCUT2D eigenvalue weighted by molar-refractivity contribution is 0.0520. The second-order valence-electron chi connectivity index (χ2n) is 3.59. The standard InChI is InChI=1S/C13H13N3O2/c1-2-18-13(17)12-10(3-4-11(14)16-12)9-5-7-15-8-6-9/h3-8H,2H2,1H3,(H2,14,16). The number of anilines is 1. The molecule has 5 heteroatoms. The van der Waals surface area contributed by atoms with Gasteiger partial charge in [-0.15, -0.1) is 0 Å². The minimum Gasteiger partial charge on any atom is -0.461 e. The number of hydrogen-bond acceptors (Lipinski definition) is 5. The number of nitrogens with zero attached hydrogens (tertiary/aromatic N) is 2. The van der Waals surface area contributed by atoms with Crippen LogP contribution in [0.4, 0.5) is 5.82 Å². The summed E-state index contributed by atoms with van der Waals surface area (Å²) >= 11 is 0. The summed E-state index contributed by atoms with van der Waals surface area (Å²) in [5, 5.41) is 0. The summed E-state index contributed by atoms with van der Waals surface area (Å²) in [6.07, 6.45) is 3.31. The van der Waals surface area contributed by atoms with Crippen LogP contribution >= 0.6 is 0 Å². The first-order chi connectivity index (χ1) is 8.72. The van der Waals surface area contributed by atoms with Gasteiger partial charge in [0, 0.05) is 18.0 Å². The van der Waals surface area contributed by atoms with Crippen molar-refractivity contribution in [2.24, 2.45) is 0 Å². The number of aromatic nitrogens is 2. The molecule has 0 amide bonds. The lowest BCUT2D eigenvalue weighted by Gasteiger charge is -2.08. The first-order valence-corrected chi connectivity index (χ1v) is 5.56. The molecule has 0 aromatic carbocycles. The average Bonchev–Trinajstić information content (AvgIpc) is 2.40. The molecule has 92 valence electrons. The number of nitrogen functional groups attached to an aromatic ring is 1. The third-order valence-corrected chi connectivity index (χ3v) is 2.38. The van der Waals surface area contributed by atoms with Crippen LogP contribution in [0.25, 0.3) is 11.1 Å². The molecule has 18 heavy (non-hydrogen) atoms. The van der Waals surface area contributed by atoms with E-state index in [2.05, 4.69) is 9.97 Å². The van der Waals surface area contributed by atoms with E-state index in [1.54, 1.807) is 43.6 Å². The summed E-state index contributed by atoms with van der Waals surface area (Å²) in [6, 6.07) is 7.01. The van der Waals surface area contributed by atoms with E-state index in [-0.39, 0.29) is 11.5 Å². The molecule has 0 spiro atoms. The Balaban J connectivity index is 2.51. The number of esters is 1. The summed E-state index contributed by atoms with van der Waals surface area (Å²) in [5.41, 5.74) is 7.37. The molecule has 2 N–H and O–H groups in total. The summed E-state index contributed by atoms with van der Waals surface area (Å²) in [6.45, 7) is 2.04. The molecule has 0 aliphatic heterocycles. The fraction of sp³-hybridized carbons (Fsp3) is 0.154. The van der Waals surface area contributed by atoms with Gasteiger partial charge < -0.3 is 10.5 Å². The van der Waals surface area contributed by atoms with Crippen molar-refractivity contribution in [2.45, 2.75) is 6.92 Å². The number of ether oxygens (including phenoxy) is 1. The molecule has 2 aromatic heterocycles. The van der Waals surface area contributed by atoms with Crippen LogP contribution in [0.1, 0.15) is 17.4 Å². The monoisotopic (exact) mass is 243 g/mol. The molecule has 2 aromatic rings. The molecule has 0 radical (unpaired) electrons. The van der Waals surface area contributed by atoms with Crippen molar-refractivity contribution in [3.63, 3.8) is 0 Å². The van der Waals surface area contributed by atoms with E-state index in [9.17, 15) is 4.79 Å². The second-order valence-corrected chi connectivity index (χ2v) is 3.59. The summed E-state index contributed by atoms with van der Waals surface area (Å²) in [5.74, 6) is -0.188. The van der Waals surface area contributed by atoms with E-state index < -0.39 is 5.97 Å². The van der Waals surface area contributed by atoms with Crippen molar-refractivity contribution in [1.82, 2.24) is 9.97 Å². The molecule has 5 nitrogen and oxygen atoms in total. The first kappa shape index (κ1) is 12.0. The van der Waals surface area contributed by atoms with Gasteiger partial charge in [0.05, 0.1) is 6.61 Å². The zero-order chi connectivity index (χ0) is 13.0. The fourth-order valence-electron chi connectivity index (χ4n) is 1.59. The highest BCUT2D eigenvalue weighted by atomic mass is 16.5. The Bertz CT molecular complexity index is 555. The molecule has 0 bridgehead atoms. The van der Waals surface area contributed by atoms with Crippen LogP contribution in [0.5, 0.6) is 0 Å². The molecule has 2 rings (SSSR count). The number of hydrogen-bond donors (Lipinski definition) is 1. The Morgan fingerprint density at radius 2 is 2.00 bits per heavy atom. The highest BCUT2D eigenvalue weighted by molar-refractivity contribution is 5.95. The Labute approximate surface area is 105 Å². The Morgan fingerprint density at radius 1 is 1.28 bits per heavy atom. The van der Waals surface area contributed by atoms with Gasteiger partial charge >= 0.3 is 5.97 Å². The topological polar surface area (TPSA) is 78.1 Å². The van der Waals surface area contributed by atoms with Gasteiger partial charge in [0.25, 0.3) is 0 Å². The Hall–Kier alpha value is -2.43. The number of nitrogens with two attached hydrogens (primary N) is 1. The van der Waals surface area contributed by atoms with E-state index in [1.165, 1.54) is 0 Å². The normalized spacial score (nSPS) is 10.1. The minimum atomic E-state index is -0.475. The highest BCUT2D eigenvalue weighted by Crippen LogP contribution is 2.23. The van der Waals surface area contributed by atoms with Crippen LogP contribution in [-0.2, 0) is 4.74 Å². The minimum absolute atomic E-state index is 0.225. The maximum atomic E-state index is 11.8. The number of carbonyl (C=O) groups excluding carboxylic acids is 1. The number of rotatable bonds is 3. The SMILES string of the molecule is CCOC(=O)c1nc(N)ccc1-c1ccncc1. The lowest BCUT2D eigenvalue weighted by atomic mass is 10.1. The Morgan fingerprint density at radius 3 is 2.67 bits per heavy atom. The summed E-state index contributed by atoms with van der Waals surface area (Å²) in [4.78, 5) is 19.8. The van der Waals surface area contributed by atoms with Crippen LogP contribution in [0.15, 0.2) is 36.7 Å². The lowest BCUT2D eigenvalue weighted by Crippen LogP contribution is -2.10. The smallest absolute Gasteiger partial charge is 0.357 e. The molecular formula is C13H13N3O2. The van der Waals surface area contributed by atoms with Gasteiger partial charge in [-0.25, -0.2) is 9.78 Å². The van der Waals surface area contributed by atoms with Crippen molar-refractivity contribution in [2.75, 3.05) is 12.3 Å². The van der Waals surface area contributed by atoms with Gasteiger partial charge in [-0.05, 0) is 36.8 Å². The predicted molar refractivity (Wildman–Crippen MR) is 67.8 cm³/mol. The zero-order valence-electron chi connectivity index (χ0n) is 9.96. The van der Waals surface area contributed by atoms with E-state index in [0.717, 1.165) is 5.56 Å². The van der Waals surface area contributed by atoms with Gasteiger partial charge in [0.2, 0.25) is 0 Å². The number of carbonyl (C=O) groups is 1. The predicted octanol–water partition coefficient (Wildman–Crippen LogP) is 1.90. The van der Waals surface area contributed by atoms with Gasteiger partial charge in [0.15, 0.2) is 5.69 Å². The Kier molecular flexibility index (Phi) is 3.52. The second kappa shape index (κ2) is 5.27. The maximum absolute atomic E-state index is 11.8. The molecule has 0 aliphatic carbocycles. The molecule has 0 saturated carbocycles. The quantitative estimate of drug-likeness (QED) is 0.833. The van der Waals surface area contributed by atoms with Crippen LogP contribution in [0, 0.1) is 0 Å². The highest BCUT2D eigenvalue weighted by Gasteiger charge is 2.16. The molecule has 0 atom stereocenters. The zero-order valence-corrected chi connectivity index (χ0v) is 9.96. The molecular weight excluding hydrogens is 230 g/mol. The van der Waals surface area contributed by atoms with Gasteiger partial charge in [-0.3, -0.25) is 4.98 Å². The average molecular weight is 243 g/mol. The third kappa shape index (κ3) is 2.45. The largest absolute Gasteiger partial charge is 0.461 e. The van der Waals surface area contributed by atoms with E-state index >= 15 is 0 Å². The maximum Gasteiger partial charge on any atom is 0.357 e. The van der Waals surface area contributed by atoms with Crippen LogP contribution < -0.4 is 5.73 Å². The van der Waals surface area contributed by atoms with Crippen molar-refractivity contribution >= 4 is 11.8 Å². The van der Waals surface area contributed by atoms with E-state index in [4.69, 9.17) is 10.5 Å². The van der Waals surface area contributed by atoms with Gasteiger partial charge in [-0.1, -0.05) is 0 Å². The molecule has 0 saturated heterocycles. The summed E-state index contributed by atoms with van der Waals surface area (Å²) in [7, 11) is 0. The molecule has 2 heterocycles. The van der Waals surface area contributed by atoms with E-state index in [1.807, 2.05) is 0 Å².